The highest BCUT2D eigenvalue weighted by Crippen LogP contribution is 2.37. The maximum atomic E-state index is 6.10. The Kier molecular flexibility index (Phi) is 5.62. The number of nitrogens with zero attached hydrogens (tertiary/aromatic N) is 4. The molecule has 0 spiro atoms. The number of anilines is 1. The Balaban J connectivity index is 1.45. The molecule has 33 heavy (non-hydrogen) atoms. The molecule has 170 valence electrons. The van der Waals surface area contributed by atoms with Crippen LogP contribution in [0.1, 0.15) is 38.7 Å². The van der Waals surface area contributed by atoms with E-state index in [1.54, 1.807) is 0 Å². The molecule has 0 bridgehead atoms. The van der Waals surface area contributed by atoms with Crippen molar-refractivity contribution in [3.63, 3.8) is 0 Å². The predicted octanol–water partition coefficient (Wildman–Crippen LogP) is 5.08. The molecule has 5 rings (SSSR count). The third kappa shape index (κ3) is 4.23. The van der Waals surface area contributed by atoms with E-state index >= 15 is 0 Å². The summed E-state index contributed by atoms with van der Waals surface area (Å²) in [7, 11) is 0. The minimum atomic E-state index is 0.373. The monoisotopic (exact) mass is 442 g/mol. The number of benzene rings is 1. The number of aromatic nitrogens is 3. The number of fused-ring (bicyclic) bond motifs is 2. The first-order valence-electron chi connectivity index (χ1n) is 11.5. The lowest BCUT2D eigenvalue weighted by Crippen LogP contribution is -2.27. The number of allylic oxidation sites excluding steroid dienone is 2. The summed E-state index contributed by atoms with van der Waals surface area (Å²) in [5, 5.41) is 0. The van der Waals surface area contributed by atoms with Crippen molar-refractivity contribution in [1.82, 2.24) is 19.9 Å². The molecule has 7 heteroatoms. The van der Waals surface area contributed by atoms with Gasteiger partial charge in [-0.05, 0) is 61.4 Å². The summed E-state index contributed by atoms with van der Waals surface area (Å²) in [4.78, 5) is 18.7. The average molecular weight is 443 g/mol. The van der Waals surface area contributed by atoms with Crippen LogP contribution in [0.25, 0.3) is 22.3 Å². The van der Waals surface area contributed by atoms with Gasteiger partial charge >= 0.3 is 0 Å². The van der Waals surface area contributed by atoms with Crippen LogP contribution in [0.4, 0.5) is 5.95 Å². The van der Waals surface area contributed by atoms with Gasteiger partial charge in [0.25, 0.3) is 0 Å². The van der Waals surface area contributed by atoms with Crippen molar-refractivity contribution >= 4 is 23.3 Å². The van der Waals surface area contributed by atoms with Gasteiger partial charge in [0.15, 0.2) is 11.6 Å². The van der Waals surface area contributed by atoms with Crippen LogP contribution in [0, 0.1) is 5.92 Å². The number of rotatable bonds is 4. The quantitative estimate of drug-likeness (QED) is 0.550. The Morgan fingerprint density at radius 2 is 2.21 bits per heavy atom. The first-order valence-corrected chi connectivity index (χ1v) is 11.5. The van der Waals surface area contributed by atoms with Crippen molar-refractivity contribution in [2.24, 2.45) is 10.9 Å². The van der Waals surface area contributed by atoms with Crippen LogP contribution >= 0.6 is 0 Å². The molecule has 1 aliphatic heterocycles. The summed E-state index contributed by atoms with van der Waals surface area (Å²) in [5.74, 6) is 1.96. The SMILES string of the molecule is C=C(C1=C(N=CC)CC(C)CC1)N1CCOc2ccc(-c3cnc4nc(N)[nH]c4c3)cc2C1. The summed E-state index contributed by atoms with van der Waals surface area (Å²) >= 11 is 0. The normalized spacial score (nSPS) is 19.0. The Labute approximate surface area is 194 Å². The zero-order chi connectivity index (χ0) is 22.9. The zero-order valence-electron chi connectivity index (χ0n) is 19.3. The molecule has 3 aromatic rings. The molecule has 0 radical (unpaired) electrons. The molecule has 1 unspecified atom stereocenters. The third-order valence-electron chi connectivity index (χ3n) is 6.52. The van der Waals surface area contributed by atoms with E-state index in [0.29, 0.717) is 24.1 Å². The molecule has 0 fully saturated rings. The van der Waals surface area contributed by atoms with Crippen LogP contribution in [-0.2, 0) is 6.54 Å². The minimum Gasteiger partial charge on any atom is -0.491 e. The number of nitrogens with one attached hydrogen (secondary N) is 1. The van der Waals surface area contributed by atoms with E-state index in [2.05, 4.69) is 51.6 Å². The summed E-state index contributed by atoms with van der Waals surface area (Å²) < 4.78 is 6.10. The molecule has 0 saturated carbocycles. The lowest BCUT2D eigenvalue weighted by molar-refractivity contribution is 0.265. The summed E-state index contributed by atoms with van der Waals surface area (Å²) in [6.45, 7) is 10.9. The Bertz CT molecular complexity index is 1270. The van der Waals surface area contributed by atoms with Gasteiger partial charge in [-0.15, -0.1) is 0 Å². The fourth-order valence-electron chi connectivity index (χ4n) is 4.76. The number of hydrogen-bond donors (Lipinski definition) is 2. The largest absolute Gasteiger partial charge is 0.491 e. The molecular weight excluding hydrogens is 412 g/mol. The van der Waals surface area contributed by atoms with Gasteiger partial charge in [0.2, 0.25) is 0 Å². The molecule has 3 N–H and O–H groups in total. The molecule has 1 aliphatic carbocycles. The van der Waals surface area contributed by atoms with Gasteiger partial charge in [-0.1, -0.05) is 19.6 Å². The highest BCUT2D eigenvalue weighted by atomic mass is 16.5. The first kappa shape index (κ1) is 21.2. The Hall–Kier alpha value is -3.61. The molecule has 2 aromatic heterocycles. The van der Waals surface area contributed by atoms with Crippen molar-refractivity contribution in [2.75, 3.05) is 18.9 Å². The van der Waals surface area contributed by atoms with E-state index in [4.69, 9.17) is 15.5 Å². The van der Waals surface area contributed by atoms with E-state index in [1.165, 1.54) is 17.7 Å². The lowest BCUT2D eigenvalue weighted by Gasteiger charge is -2.30. The molecule has 0 saturated heterocycles. The number of hydrogen-bond acceptors (Lipinski definition) is 6. The van der Waals surface area contributed by atoms with Gasteiger partial charge < -0.3 is 20.4 Å². The smallest absolute Gasteiger partial charge is 0.200 e. The summed E-state index contributed by atoms with van der Waals surface area (Å²) in [5.41, 5.74) is 14.0. The third-order valence-corrected chi connectivity index (χ3v) is 6.52. The highest BCUT2D eigenvalue weighted by Gasteiger charge is 2.24. The molecule has 3 heterocycles. The van der Waals surface area contributed by atoms with Gasteiger partial charge in [0.1, 0.15) is 12.4 Å². The van der Waals surface area contributed by atoms with Crippen molar-refractivity contribution in [2.45, 2.75) is 39.7 Å². The molecule has 1 aromatic carbocycles. The number of imidazole rings is 1. The molecule has 2 aliphatic rings. The maximum Gasteiger partial charge on any atom is 0.200 e. The van der Waals surface area contributed by atoms with Gasteiger partial charge in [0, 0.05) is 41.5 Å². The molecular formula is C26H30N6O. The molecule has 7 nitrogen and oxygen atoms in total. The van der Waals surface area contributed by atoms with Gasteiger partial charge in [-0.3, -0.25) is 4.99 Å². The number of H-pyrrole nitrogens is 1. The maximum absolute atomic E-state index is 6.10. The predicted molar refractivity (Wildman–Crippen MR) is 133 cm³/mol. The van der Waals surface area contributed by atoms with Crippen molar-refractivity contribution < 1.29 is 4.74 Å². The zero-order valence-corrected chi connectivity index (χ0v) is 19.3. The number of aromatic amines is 1. The first-order chi connectivity index (χ1) is 16.0. The van der Waals surface area contributed by atoms with Gasteiger partial charge in [-0.25, -0.2) is 4.98 Å². The van der Waals surface area contributed by atoms with E-state index in [9.17, 15) is 0 Å². The Morgan fingerprint density at radius 1 is 1.33 bits per heavy atom. The molecule has 1 atom stereocenters. The minimum absolute atomic E-state index is 0.373. The topological polar surface area (TPSA) is 92.4 Å². The second-order valence-corrected chi connectivity index (χ2v) is 8.92. The second-order valence-electron chi connectivity index (χ2n) is 8.92. The fourth-order valence-corrected chi connectivity index (χ4v) is 4.76. The number of nitrogen functional groups attached to an aromatic ring is 1. The van der Waals surface area contributed by atoms with E-state index < -0.39 is 0 Å². The van der Waals surface area contributed by atoms with E-state index in [0.717, 1.165) is 59.6 Å². The lowest BCUT2D eigenvalue weighted by atomic mass is 9.87. The fraction of sp³-hybridized carbons (Fsp3) is 0.346. The highest BCUT2D eigenvalue weighted by molar-refractivity contribution is 5.79. The number of pyridine rings is 1. The van der Waals surface area contributed by atoms with Crippen LogP contribution in [-0.4, -0.2) is 39.2 Å². The average Bonchev–Trinajstić information content (AvgIpc) is 3.04. The summed E-state index contributed by atoms with van der Waals surface area (Å²) in [6.07, 6.45) is 6.94. The van der Waals surface area contributed by atoms with Crippen molar-refractivity contribution in [1.29, 1.82) is 0 Å². The van der Waals surface area contributed by atoms with Crippen LogP contribution < -0.4 is 10.5 Å². The second kappa shape index (κ2) is 8.73. The number of nitrogens with two attached hydrogens (primary N) is 1. The number of aliphatic imine (C=N–C) groups is 1. The Morgan fingerprint density at radius 3 is 3.06 bits per heavy atom. The van der Waals surface area contributed by atoms with E-state index in [-0.39, 0.29) is 0 Å². The standard InChI is InChI=1S/C26H30N6O/c1-4-28-22-11-16(2)5-7-21(22)17(3)32-9-10-33-24-8-6-18(12-20(24)15-32)19-13-23-25(29-14-19)31-26(27)30-23/h4,6,8,12-14,16H,3,5,7,9-11,15H2,1-2H3,(H3,27,29,30,31). The van der Waals surface area contributed by atoms with Crippen LogP contribution in [0.5, 0.6) is 5.75 Å². The number of ether oxygens (including phenoxy) is 1. The summed E-state index contributed by atoms with van der Waals surface area (Å²) in [6, 6.07) is 8.35. The van der Waals surface area contributed by atoms with Crippen LogP contribution in [0.2, 0.25) is 0 Å². The molecule has 0 amide bonds. The van der Waals surface area contributed by atoms with Gasteiger partial charge in [0.05, 0.1) is 12.1 Å². The van der Waals surface area contributed by atoms with Crippen molar-refractivity contribution in [3.8, 4) is 16.9 Å². The van der Waals surface area contributed by atoms with Crippen LogP contribution in [0.15, 0.2) is 59.0 Å². The van der Waals surface area contributed by atoms with Crippen molar-refractivity contribution in [3.05, 3.63) is 59.6 Å². The van der Waals surface area contributed by atoms with E-state index in [1.807, 2.05) is 25.4 Å². The van der Waals surface area contributed by atoms with Gasteiger partial charge in [-0.2, -0.15) is 4.98 Å². The van der Waals surface area contributed by atoms with Crippen LogP contribution in [0.3, 0.4) is 0 Å².